The minimum absolute atomic E-state index is 0.0230. The summed E-state index contributed by atoms with van der Waals surface area (Å²) in [4.78, 5) is 16.2. The van der Waals surface area contributed by atoms with Gasteiger partial charge in [-0.2, -0.15) is 0 Å². The van der Waals surface area contributed by atoms with E-state index in [1.165, 1.54) is 10.5 Å². The van der Waals surface area contributed by atoms with Crippen LogP contribution in [0, 0.1) is 5.92 Å². The van der Waals surface area contributed by atoms with E-state index < -0.39 is 0 Å². The van der Waals surface area contributed by atoms with E-state index in [0.29, 0.717) is 19.0 Å². The van der Waals surface area contributed by atoms with Crippen molar-refractivity contribution >= 4 is 17.7 Å². The molecule has 2 saturated carbocycles. The average molecular weight is 319 g/mol. The van der Waals surface area contributed by atoms with Crippen molar-refractivity contribution in [1.29, 1.82) is 0 Å². The van der Waals surface area contributed by atoms with Crippen LogP contribution in [0.4, 0.5) is 0 Å². The second-order valence-corrected chi connectivity index (χ2v) is 7.44. The molecule has 2 aliphatic carbocycles. The Hall–Kier alpha value is -1.00. The molecule has 1 aromatic rings. The molecule has 0 radical (unpaired) electrons. The second-order valence-electron chi connectivity index (χ2n) is 6.56. The van der Waals surface area contributed by atoms with Gasteiger partial charge in [-0.15, -0.1) is 11.8 Å². The molecule has 4 heteroatoms. The lowest BCUT2D eigenvalue weighted by Gasteiger charge is -2.31. The van der Waals surface area contributed by atoms with Crippen molar-refractivity contribution in [1.82, 2.24) is 4.90 Å². The number of rotatable bonds is 5. The predicted octanol–water partition coefficient (Wildman–Crippen LogP) is 3.45. The van der Waals surface area contributed by atoms with Crippen LogP contribution in [0.3, 0.4) is 0 Å². The zero-order valence-electron chi connectivity index (χ0n) is 13.2. The number of hydrogen-bond donors (Lipinski definition) is 1. The van der Waals surface area contributed by atoms with E-state index in [1.54, 1.807) is 11.8 Å². The van der Waals surface area contributed by atoms with Gasteiger partial charge in [0.05, 0.1) is 6.10 Å². The first-order valence-corrected chi connectivity index (χ1v) is 9.51. The van der Waals surface area contributed by atoms with Crippen molar-refractivity contribution < 1.29 is 9.90 Å². The van der Waals surface area contributed by atoms with Crippen LogP contribution in [-0.4, -0.2) is 34.3 Å². The number of aliphatic hydroxyl groups excluding tert-OH is 1. The minimum Gasteiger partial charge on any atom is -0.393 e. The third-order valence-corrected chi connectivity index (χ3v) is 5.52. The number of carbonyl (C=O) groups excluding carboxylic acids is 1. The second kappa shape index (κ2) is 7.05. The van der Waals surface area contributed by atoms with Crippen LogP contribution >= 0.6 is 11.8 Å². The molecule has 1 N–H and O–H groups in total. The van der Waals surface area contributed by atoms with Crippen LogP contribution < -0.4 is 0 Å². The molecule has 0 bridgehead atoms. The topological polar surface area (TPSA) is 40.5 Å². The molecule has 2 atom stereocenters. The molecule has 120 valence electrons. The smallest absolute Gasteiger partial charge is 0.226 e. The number of amides is 1. The summed E-state index contributed by atoms with van der Waals surface area (Å²) in [6, 6.07) is 8.93. The molecule has 0 aromatic heterocycles. The van der Waals surface area contributed by atoms with Crippen molar-refractivity contribution in [3.8, 4) is 0 Å². The van der Waals surface area contributed by atoms with Crippen molar-refractivity contribution in [2.24, 2.45) is 5.92 Å². The SMILES string of the molecule is CSc1ccc(CN(C(=O)[C@H]2CCC[C@H](O)C2)C2CC2)cc1. The molecular formula is C18H25NO2S. The molecular weight excluding hydrogens is 294 g/mol. The lowest BCUT2D eigenvalue weighted by Crippen LogP contribution is -2.40. The first kappa shape index (κ1) is 15.9. The highest BCUT2D eigenvalue weighted by atomic mass is 32.2. The zero-order valence-corrected chi connectivity index (χ0v) is 14.0. The fraction of sp³-hybridized carbons (Fsp3) is 0.611. The maximum atomic E-state index is 12.9. The molecule has 3 nitrogen and oxygen atoms in total. The van der Waals surface area contributed by atoms with E-state index in [4.69, 9.17) is 0 Å². The molecule has 1 amide bonds. The van der Waals surface area contributed by atoms with Gasteiger partial charge in [-0.05, 0) is 56.1 Å². The highest BCUT2D eigenvalue weighted by molar-refractivity contribution is 7.98. The van der Waals surface area contributed by atoms with Gasteiger partial charge >= 0.3 is 0 Å². The summed E-state index contributed by atoms with van der Waals surface area (Å²) < 4.78 is 0. The maximum Gasteiger partial charge on any atom is 0.226 e. The third kappa shape index (κ3) is 3.85. The molecule has 0 aliphatic heterocycles. The van der Waals surface area contributed by atoms with Crippen LogP contribution in [-0.2, 0) is 11.3 Å². The summed E-state index contributed by atoms with van der Waals surface area (Å²) in [5, 5.41) is 9.84. The van der Waals surface area contributed by atoms with Crippen molar-refractivity contribution in [3.05, 3.63) is 29.8 Å². The van der Waals surface area contributed by atoms with Crippen molar-refractivity contribution in [2.75, 3.05) is 6.26 Å². The van der Waals surface area contributed by atoms with Crippen LogP contribution in [0.5, 0.6) is 0 Å². The van der Waals surface area contributed by atoms with Gasteiger partial charge in [-0.25, -0.2) is 0 Å². The average Bonchev–Trinajstić information content (AvgIpc) is 3.37. The van der Waals surface area contributed by atoms with E-state index in [0.717, 1.165) is 32.1 Å². The van der Waals surface area contributed by atoms with Gasteiger partial charge in [0.2, 0.25) is 5.91 Å². The lowest BCUT2D eigenvalue weighted by atomic mass is 9.86. The molecule has 2 aliphatic rings. The maximum absolute atomic E-state index is 12.9. The monoisotopic (exact) mass is 319 g/mol. The Bertz CT molecular complexity index is 512. The van der Waals surface area contributed by atoms with Gasteiger partial charge in [-0.1, -0.05) is 18.6 Å². The normalized spacial score (nSPS) is 25.0. The molecule has 0 unspecified atom stereocenters. The van der Waals surface area contributed by atoms with Gasteiger partial charge < -0.3 is 10.0 Å². The van der Waals surface area contributed by atoms with Crippen molar-refractivity contribution in [3.63, 3.8) is 0 Å². The zero-order chi connectivity index (χ0) is 15.5. The predicted molar refractivity (Wildman–Crippen MR) is 89.8 cm³/mol. The summed E-state index contributed by atoms with van der Waals surface area (Å²) in [5.41, 5.74) is 1.20. The minimum atomic E-state index is -0.287. The summed E-state index contributed by atoms with van der Waals surface area (Å²) in [6.45, 7) is 0.713. The number of hydrogen-bond acceptors (Lipinski definition) is 3. The van der Waals surface area contributed by atoms with Crippen LogP contribution in [0.15, 0.2) is 29.2 Å². The fourth-order valence-corrected chi connectivity index (χ4v) is 3.73. The molecule has 0 saturated heterocycles. The van der Waals surface area contributed by atoms with Crippen molar-refractivity contribution in [2.45, 2.75) is 62.1 Å². The summed E-state index contributed by atoms with van der Waals surface area (Å²) >= 11 is 1.74. The summed E-state index contributed by atoms with van der Waals surface area (Å²) in [5.74, 6) is 0.282. The summed E-state index contributed by atoms with van der Waals surface area (Å²) in [6.07, 6.45) is 7.45. The van der Waals surface area contributed by atoms with Gasteiger partial charge in [-0.3, -0.25) is 4.79 Å². The summed E-state index contributed by atoms with van der Waals surface area (Å²) in [7, 11) is 0. The Morgan fingerprint density at radius 1 is 1.23 bits per heavy atom. The largest absolute Gasteiger partial charge is 0.393 e. The first-order chi connectivity index (χ1) is 10.7. The quantitative estimate of drug-likeness (QED) is 0.845. The number of benzene rings is 1. The molecule has 2 fully saturated rings. The van der Waals surface area contributed by atoms with Crippen LogP contribution in [0.1, 0.15) is 44.1 Å². The molecule has 0 spiro atoms. The Kier molecular flexibility index (Phi) is 5.09. The van der Waals surface area contributed by atoms with Gasteiger partial charge in [0.1, 0.15) is 0 Å². The molecule has 3 rings (SSSR count). The van der Waals surface area contributed by atoms with E-state index in [-0.39, 0.29) is 17.9 Å². The van der Waals surface area contributed by atoms with Crippen LogP contribution in [0.25, 0.3) is 0 Å². The standard InChI is InChI=1S/C18H25NO2S/c1-22-17-9-5-13(6-10-17)12-19(15-7-8-15)18(21)14-3-2-4-16(20)11-14/h5-6,9-10,14-16,20H,2-4,7-8,11-12H2,1H3/t14-,16-/m0/s1. The lowest BCUT2D eigenvalue weighted by molar-refractivity contribution is -0.139. The molecule has 0 heterocycles. The third-order valence-electron chi connectivity index (χ3n) is 4.78. The van der Waals surface area contributed by atoms with E-state index in [9.17, 15) is 9.90 Å². The molecule has 1 aromatic carbocycles. The van der Waals surface area contributed by atoms with E-state index in [1.807, 2.05) is 0 Å². The Balaban J connectivity index is 1.67. The number of aliphatic hydroxyl groups is 1. The first-order valence-electron chi connectivity index (χ1n) is 8.29. The van der Waals surface area contributed by atoms with Gasteiger partial charge in [0.25, 0.3) is 0 Å². The Morgan fingerprint density at radius 2 is 1.95 bits per heavy atom. The van der Waals surface area contributed by atoms with E-state index >= 15 is 0 Å². The number of carbonyl (C=O) groups is 1. The Labute approximate surface area is 137 Å². The highest BCUT2D eigenvalue weighted by Gasteiger charge is 2.37. The Morgan fingerprint density at radius 3 is 2.55 bits per heavy atom. The highest BCUT2D eigenvalue weighted by Crippen LogP contribution is 2.33. The van der Waals surface area contributed by atoms with Gasteiger partial charge in [0.15, 0.2) is 0 Å². The van der Waals surface area contributed by atoms with Gasteiger partial charge in [0, 0.05) is 23.4 Å². The number of thioether (sulfide) groups is 1. The number of nitrogens with zero attached hydrogens (tertiary/aromatic N) is 1. The fourth-order valence-electron chi connectivity index (χ4n) is 3.32. The van der Waals surface area contributed by atoms with Crippen LogP contribution in [0.2, 0.25) is 0 Å². The molecule has 22 heavy (non-hydrogen) atoms. The van der Waals surface area contributed by atoms with E-state index in [2.05, 4.69) is 35.4 Å².